The lowest BCUT2D eigenvalue weighted by Crippen LogP contribution is -2.38. The number of halogens is 2. The molecule has 3 rings (SSSR count). The maximum Gasteiger partial charge on any atom is 0.0701 e. The second kappa shape index (κ2) is 6.23. The van der Waals surface area contributed by atoms with Gasteiger partial charge in [0.1, 0.15) is 0 Å². The number of hydrogen-bond donors (Lipinski definition) is 1. The van der Waals surface area contributed by atoms with Gasteiger partial charge in [-0.3, -0.25) is 4.90 Å². The van der Waals surface area contributed by atoms with Gasteiger partial charge >= 0.3 is 0 Å². The smallest absolute Gasteiger partial charge is 0.0701 e. The Morgan fingerprint density at radius 3 is 2.89 bits per heavy atom. The molecule has 2 N–H and O–H groups in total. The van der Waals surface area contributed by atoms with E-state index in [0.29, 0.717) is 6.04 Å². The molecule has 3 unspecified atom stereocenters. The molecule has 2 fully saturated rings. The molecule has 1 saturated carbocycles. The highest BCUT2D eigenvalue weighted by Crippen LogP contribution is 2.36. The quantitative estimate of drug-likeness (QED) is 0.883. The topological polar surface area (TPSA) is 29.3 Å². The van der Waals surface area contributed by atoms with Crippen molar-refractivity contribution in [1.82, 2.24) is 4.90 Å². The fraction of sp³-hybridized carbons (Fsp3) is 0.692. The van der Waals surface area contributed by atoms with Crippen LogP contribution in [0.3, 0.4) is 0 Å². The van der Waals surface area contributed by atoms with Gasteiger partial charge in [-0.05, 0) is 57.6 Å². The minimum Gasteiger partial charge on any atom is -0.327 e. The van der Waals surface area contributed by atoms with Crippen molar-refractivity contribution in [3.05, 3.63) is 20.8 Å². The van der Waals surface area contributed by atoms with Crippen LogP contribution >= 0.6 is 39.7 Å². The van der Waals surface area contributed by atoms with Gasteiger partial charge in [0.2, 0.25) is 0 Å². The van der Waals surface area contributed by atoms with Gasteiger partial charge in [0.25, 0.3) is 0 Å². The molecule has 102 valence electrons. The van der Waals surface area contributed by atoms with Crippen molar-refractivity contribution in [1.29, 1.82) is 0 Å². The van der Waals surface area contributed by atoms with Crippen molar-refractivity contribution >= 4 is 39.7 Å². The van der Waals surface area contributed by atoms with Gasteiger partial charge < -0.3 is 5.73 Å². The Kier molecular flexibility index (Phi) is 5.12. The molecule has 0 amide bonds. The minimum atomic E-state index is 0. The first kappa shape index (κ1) is 14.8. The molecule has 2 nitrogen and oxygen atoms in total. The largest absolute Gasteiger partial charge is 0.327 e. The first-order valence-electron chi connectivity index (χ1n) is 6.43. The Balaban J connectivity index is 0.00000120. The van der Waals surface area contributed by atoms with Crippen molar-refractivity contribution in [2.45, 2.75) is 31.8 Å². The molecule has 5 heteroatoms. The molecule has 1 aliphatic carbocycles. The third kappa shape index (κ3) is 3.10. The van der Waals surface area contributed by atoms with Gasteiger partial charge in [-0.2, -0.15) is 0 Å². The zero-order valence-corrected chi connectivity index (χ0v) is 13.6. The van der Waals surface area contributed by atoms with Gasteiger partial charge in [-0.1, -0.05) is 6.42 Å². The molecule has 3 atom stereocenters. The highest BCUT2D eigenvalue weighted by molar-refractivity contribution is 9.11. The van der Waals surface area contributed by atoms with E-state index in [-0.39, 0.29) is 12.4 Å². The molecule has 0 spiro atoms. The highest BCUT2D eigenvalue weighted by Gasteiger charge is 2.38. The Labute approximate surface area is 127 Å². The van der Waals surface area contributed by atoms with E-state index in [0.717, 1.165) is 18.4 Å². The summed E-state index contributed by atoms with van der Waals surface area (Å²) in [5, 5.41) is 2.26. The summed E-state index contributed by atoms with van der Waals surface area (Å²) in [6.45, 7) is 3.56. The van der Waals surface area contributed by atoms with Crippen LogP contribution in [0.2, 0.25) is 0 Å². The molecule has 2 aliphatic rings. The fourth-order valence-electron chi connectivity index (χ4n) is 3.42. The van der Waals surface area contributed by atoms with Crippen LogP contribution in [0, 0.1) is 11.8 Å². The summed E-state index contributed by atoms with van der Waals surface area (Å²) in [4.78, 5) is 2.59. The number of thiophene rings is 1. The standard InChI is InChI=1S/C13H19BrN2S.ClH/c14-13-4-9(8-17-13)5-16-6-10-2-1-3-12(15)11(10)7-16;/h4,8,10-12H,1-3,5-7,15H2;1H. The van der Waals surface area contributed by atoms with Crippen LogP contribution in [0.1, 0.15) is 24.8 Å². The average molecular weight is 352 g/mol. The van der Waals surface area contributed by atoms with Gasteiger partial charge in [0.05, 0.1) is 3.79 Å². The number of hydrogen-bond acceptors (Lipinski definition) is 3. The first-order valence-corrected chi connectivity index (χ1v) is 8.10. The number of fused-ring (bicyclic) bond motifs is 1. The Morgan fingerprint density at radius 1 is 1.39 bits per heavy atom. The molecule has 1 saturated heterocycles. The van der Waals surface area contributed by atoms with Gasteiger partial charge in [0, 0.05) is 25.7 Å². The molecule has 18 heavy (non-hydrogen) atoms. The Morgan fingerprint density at radius 2 is 2.22 bits per heavy atom. The summed E-state index contributed by atoms with van der Waals surface area (Å²) in [5.41, 5.74) is 7.69. The average Bonchev–Trinajstić information content (AvgIpc) is 2.86. The second-order valence-corrected chi connectivity index (χ2v) is 7.76. The normalized spacial score (nSPS) is 32.0. The molecule has 0 radical (unpaired) electrons. The minimum absolute atomic E-state index is 0. The zero-order chi connectivity index (χ0) is 11.8. The Hall–Kier alpha value is 0.390. The van der Waals surface area contributed by atoms with Crippen LogP contribution < -0.4 is 5.73 Å². The van der Waals surface area contributed by atoms with E-state index in [9.17, 15) is 0 Å². The molecular weight excluding hydrogens is 332 g/mol. The third-order valence-corrected chi connectivity index (χ3v) is 5.81. The zero-order valence-electron chi connectivity index (χ0n) is 10.3. The van der Waals surface area contributed by atoms with Crippen molar-refractivity contribution in [3.8, 4) is 0 Å². The van der Waals surface area contributed by atoms with E-state index < -0.39 is 0 Å². The monoisotopic (exact) mass is 350 g/mol. The van der Waals surface area contributed by atoms with Gasteiger partial charge in [0.15, 0.2) is 0 Å². The molecular formula is C13H20BrClN2S. The SMILES string of the molecule is Cl.NC1CCCC2CN(Cc3csc(Br)c3)CC12. The molecule has 1 aromatic heterocycles. The van der Waals surface area contributed by atoms with Gasteiger partial charge in [-0.25, -0.2) is 0 Å². The molecule has 1 aromatic rings. The van der Waals surface area contributed by atoms with E-state index in [4.69, 9.17) is 5.73 Å². The molecule has 0 bridgehead atoms. The number of rotatable bonds is 2. The van der Waals surface area contributed by atoms with Crippen LogP contribution in [0.15, 0.2) is 15.2 Å². The number of nitrogens with zero attached hydrogens (tertiary/aromatic N) is 1. The lowest BCUT2D eigenvalue weighted by molar-refractivity contribution is 0.259. The summed E-state index contributed by atoms with van der Waals surface area (Å²) in [5.74, 6) is 1.62. The van der Waals surface area contributed by atoms with Crippen LogP contribution in [-0.2, 0) is 6.54 Å². The maximum atomic E-state index is 6.25. The summed E-state index contributed by atoms with van der Waals surface area (Å²) < 4.78 is 1.24. The van der Waals surface area contributed by atoms with Crippen LogP contribution in [0.4, 0.5) is 0 Å². The van der Waals surface area contributed by atoms with E-state index in [1.807, 2.05) is 0 Å². The van der Waals surface area contributed by atoms with Crippen molar-refractivity contribution in [3.63, 3.8) is 0 Å². The molecule has 1 aliphatic heterocycles. The van der Waals surface area contributed by atoms with Crippen LogP contribution in [0.5, 0.6) is 0 Å². The number of likely N-dealkylation sites (tertiary alicyclic amines) is 1. The van der Waals surface area contributed by atoms with Crippen LogP contribution in [0.25, 0.3) is 0 Å². The molecule has 0 aromatic carbocycles. The Bertz CT molecular complexity index is 398. The first-order chi connectivity index (χ1) is 8.22. The third-order valence-electron chi connectivity index (χ3n) is 4.26. The van der Waals surface area contributed by atoms with Crippen molar-refractivity contribution < 1.29 is 0 Å². The molecule has 2 heterocycles. The van der Waals surface area contributed by atoms with E-state index in [1.54, 1.807) is 11.3 Å². The van der Waals surface area contributed by atoms with Crippen LogP contribution in [-0.4, -0.2) is 24.0 Å². The summed E-state index contributed by atoms with van der Waals surface area (Å²) in [6.07, 6.45) is 3.96. The summed E-state index contributed by atoms with van der Waals surface area (Å²) in [6, 6.07) is 2.69. The van der Waals surface area contributed by atoms with Gasteiger partial charge in [-0.15, -0.1) is 23.7 Å². The predicted octanol–water partition coefficient (Wildman–Crippen LogP) is 3.49. The summed E-state index contributed by atoms with van der Waals surface area (Å²) in [7, 11) is 0. The second-order valence-electron chi connectivity index (χ2n) is 5.47. The lowest BCUT2D eigenvalue weighted by atomic mass is 9.78. The maximum absolute atomic E-state index is 6.25. The van der Waals surface area contributed by atoms with E-state index in [2.05, 4.69) is 32.3 Å². The number of nitrogens with two attached hydrogens (primary N) is 1. The van der Waals surface area contributed by atoms with Crippen molar-refractivity contribution in [2.75, 3.05) is 13.1 Å². The predicted molar refractivity (Wildman–Crippen MR) is 83.4 cm³/mol. The van der Waals surface area contributed by atoms with Crippen molar-refractivity contribution in [2.24, 2.45) is 17.6 Å². The van der Waals surface area contributed by atoms with E-state index in [1.165, 1.54) is 41.7 Å². The fourth-order valence-corrected chi connectivity index (χ4v) is 4.63. The highest BCUT2D eigenvalue weighted by atomic mass is 79.9. The van der Waals surface area contributed by atoms with E-state index >= 15 is 0 Å². The summed E-state index contributed by atoms with van der Waals surface area (Å²) >= 11 is 5.31. The lowest BCUT2D eigenvalue weighted by Gasteiger charge is -2.29.